The minimum Gasteiger partial charge on any atom is -0.365 e. The highest BCUT2D eigenvalue weighted by Crippen LogP contribution is 2.29. The molecule has 1 aromatic carbocycles. The molecule has 2 amide bonds. The number of hydrogen-bond acceptors (Lipinski definition) is 3. The van der Waals surface area contributed by atoms with Gasteiger partial charge >= 0.3 is 6.18 Å². The van der Waals surface area contributed by atoms with Gasteiger partial charge in [0, 0.05) is 24.9 Å². The molecule has 0 unspecified atom stereocenters. The van der Waals surface area contributed by atoms with Gasteiger partial charge in [-0.05, 0) is 55.3 Å². The predicted octanol–water partition coefficient (Wildman–Crippen LogP) is 3.90. The van der Waals surface area contributed by atoms with Crippen LogP contribution >= 0.6 is 0 Å². The molecular weight excluding hydrogens is 409 g/mol. The van der Waals surface area contributed by atoms with Crippen LogP contribution in [0.5, 0.6) is 0 Å². The van der Waals surface area contributed by atoms with E-state index in [4.69, 9.17) is 5.73 Å². The standard InChI is InChI=1S/C22H21F3N4O2/c1-14(2)28(13-16-9-10-29-19(11-16)18(12-27-29)21(26)31)20(30)8-5-15-3-6-17(7-4-15)22(23,24)25/h3-12,14H,13H2,1-2H3,(H2,26,31)/b8-5+. The van der Waals surface area contributed by atoms with Crippen LogP contribution < -0.4 is 5.73 Å². The van der Waals surface area contributed by atoms with Gasteiger partial charge in [0.25, 0.3) is 5.91 Å². The van der Waals surface area contributed by atoms with Crippen molar-refractivity contribution < 1.29 is 22.8 Å². The summed E-state index contributed by atoms with van der Waals surface area (Å²) in [6.45, 7) is 3.99. The summed E-state index contributed by atoms with van der Waals surface area (Å²) in [6.07, 6.45) is 1.47. The van der Waals surface area contributed by atoms with Gasteiger partial charge < -0.3 is 10.6 Å². The zero-order valence-corrected chi connectivity index (χ0v) is 16.9. The molecular formula is C22H21F3N4O2. The number of benzene rings is 1. The van der Waals surface area contributed by atoms with Gasteiger partial charge in [-0.15, -0.1) is 0 Å². The number of rotatable bonds is 6. The van der Waals surface area contributed by atoms with E-state index in [9.17, 15) is 22.8 Å². The van der Waals surface area contributed by atoms with E-state index in [-0.39, 0.29) is 24.1 Å². The van der Waals surface area contributed by atoms with Crippen LogP contribution in [-0.4, -0.2) is 32.4 Å². The van der Waals surface area contributed by atoms with Gasteiger partial charge in [-0.1, -0.05) is 12.1 Å². The number of pyridine rings is 1. The van der Waals surface area contributed by atoms with Crippen LogP contribution in [0.3, 0.4) is 0 Å². The highest BCUT2D eigenvalue weighted by Gasteiger charge is 2.29. The molecule has 2 aromatic heterocycles. The van der Waals surface area contributed by atoms with E-state index in [1.165, 1.54) is 35.0 Å². The van der Waals surface area contributed by atoms with Crippen molar-refractivity contribution in [3.05, 3.63) is 77.1 Å². The zero-order valence-electron chi connectivity index (χ0n) is 16.9. The van der Waals surface area contributed by atoms with Crippen molar-refractivity contribution in [2.24, 2.45) is 5.73 Å². The minimum absolute atomic E-state index is 0.137. The van der Waals surface area contributed by atoms with Crippen LogP contribution in [0, 0.1) is 0 Å². The lowest BCUT2D eigenvalue weighted by Gasteiger charge is -2.25. The maximum absolute atomic E-state index is 12.7. The third-order valence-electron chi connectivity index (χ3n) is 4.77. The summed E-state index contributed by atoms with van der Waals surface area (Å²) in [5.74, 6) is -0.887. The van der Waals surface area contributed by atoms with Gasteiger partial charge in [0.05, 0.1) is 22.8 Å². The summed E-state index contributed by atoms with van der Waals surface area (Å²) in [6, 6.07) is 7.96. The Kier molecular flexibility index (Phi) is 6.14. The quantitative estimate of drug-likeness (QED) is 0.603. The van der Waals surface area contributed by atoms with Crippen molar-refractivity contribution in [3.8, 4) is 0 Å². The van der Waals surface area contributed by atoms with Gasteiger partial charge in [0.2, 0.25) is 5.91 Å². The van der Waals surface area contributed by atoms with E-state index in [0.717, 1.165) is 17.7 Å². The zero-order chi connectivity index (χ0) is 22.8. The normalized spacial score (nSPS) is 12.1. The van der Waals surface area contributed by atoms with Crippen LogP contribution in [0.2, 0.25) is 0 Å². The van der Waals surface area contributed by atoms with Crippen LogP contribution in [0.25, 0.3) is 11.6 Å². The Balaban J connectivity index is 1.78. The number of primary amides is 1. The van der Waals surface area contributed by atoms with E-state index in [2.05, 4.69) is 5.10 Å². The lowest BCUT2D eigenvalue weighted by molar-refractivity contribution is -0.137. The number of halogens is 3. The Morgan fingerprint density at radius 2 is 1.87 bits per heavy atom. The summed E-state index contributed by atoms with van der Waals surface area (Å²) in [5.41, 5.74) is 6.71. The molecule has 3 rings (SSSR count). The summed E-state index contributed by atoms with van der Waals surface area (Å²) in [5, 5.41) is 4.07. The van der Waals surface area contributed by atoms with Gasteiger partial charge in [-0.3, -0.25) is 9.59 Å². The molecule has 0 atom stereocenters. The molecule has 0 spiro atoms. The first-order valence-electron chi connectivity index (χ1n) is 9.48. The molecule has 0 radical (unpaired) electrons. The third-order valence-corrected chi connectivity index (χ3v) is 4.77. The molecule has 0 aliphatic rings. The molecule has 0 saturated carbocycles. The Hall–Kier alpha value is -3.62. The average molecular weight is 430 g/mol. The van der Waals surface area contributed by atoms with Crippen LogP contribution in [0.4, 0.5) is 13.2 Å². The van der Waals surface area contributed by atoms with Crippen LogP contribution in [0.15, 0.2) is 54.9 Å². The Morgan fingerprint density at radius 3 is 2.45 bits per heavy atom. The SMILES string of the molecule is CC(C)N(Cc1ccn2ncc(C(N)=O)c2c1)C(=O)/C=C/c1ccc(C(F)(F)F)cc1. The topological polar surface area (TPSA) is 80.7 Å². The van der Waals surface area contributed by atoms with Crippen molar-refractivity contribution in [1.29, 1.82) is 0 Å². The predicted molar refractivity (Wildman–Crippen MR) is 110 cm³/mol. The summed E-state index contributed by atoms with van der Waals surface area (Å²) < 4.78 is 39.5. The highest BCUT2D eigenvalue weighted by atomic mass is 19.4. The number of amides is 2. The van der Waals surface area contributed by atoms with Gasteiger partial charge in [0.15, 0.2) is 0 Å². The Morgan fingerprint density at radius 1 is 1.19 bits per heavy atom. The van der Waals surface area contributed by atoms with Gasteiger partial charge in [0.1, 0.15) is 0 Å². The summed E-state index contributed by atoms with van der Waals surface area (Å²) >= 11 is 0. The molecule has 0 aliphatic carbocycles. The highest BCUT2D eigenvalue weighted by molar-refractivity contribution is 5.99. The molecule has 0 bridgehead atoms. The van der Waals surface area contributed by atoms with E-state index in [1.54, 1.807) is 23.2 Å². The number of aromatic nitrogens is 2. The molecule has 3 aromatic rings. The molecule has 2 N–H and O–H groups in total. The van der Waals surface area contributed by atoms with E-state index in [0.29, 0.717) is 11.1 Å². The lowest BCUT2D eigenvalue weighted by atomic mass is 10.1. The second-order valence-corrected chi connectivity index (χ2v) is 7.30. The molecule has 2 heterocycles. The smallest absolute Gasteiger partial charge is 0.365 e. The fraction of sp³-hybridized carbons (Fsp3) is 0.227. The van der Waals surface area contributed by atoms with Crippen molar-refractivity contribution >= 4 is 23.4 Å². The van der Waals surface area contributed by atoms with Crippen molar-refractivity contribution in [2.75, 3.05) is 0 Å². The molecule has 31 heavy (non-hydrogen) atoms. The maximum Gasteiger partial charge on any atom is 0.416 e. The second-order valence-electron chi connectivity index (χ2n) is 7.30. The Bertz CT molecular complexity index is 1130. The molecule has 162 valence electrons. The van der Waals surface area contributed by atoms with E-state index < -0.39 is 17.6 Å². The lowest BCUT2D eigenvalue weighted by Crippen LogP contribution is -2.35. The minimum atomic E-state index is -4.41. The summed E-state index contributed by atoms with van der Waals surface area (Å²) in [4.78, 5) is 25.9. The number of fused-ring (bicyclic) bond motifs is 1. The number of alkyl halides is 3. The fourth-order valence-electron chi connectivity index (χ4n) is 3.07. The number of carbonyl (C=O) groups excluding carboxylic acids is 2. The summed E-state index contributed by atoms with van der Waals surface area (Å²) in [7, 11) is 0. The largest absolute Gasteiger partial charge is 0.416 e. The number of nitrogens with two attached hydrogens (primary N) is 1. The van der Waals surface area contributed by atoms with Crippen LogP contribution in [0.1, 0.15) is 40.9 Å². The second kappa shape index (κ2) is 8.63. The van der Waals surface area contributed by atoms with Gasteiger partial charge in [-0.2, -0.15) is 18.3 Å². The van der Waals surface area contributed by atoms with E-state index in [1.807, 2.05) is 13.8 Å². The number of nitrogens with zero attached hydrogens (tertiary/aromatic N) is 3. The third kappa shape index (κ3) is 5.11. The van der Waals surface area contributed by atoms with Crippen molar-refractivity contribution in [3.63, 3.8) is 0 Å². The fourth-order valence-corrected chi connectivity index (χ4v) is 3.07. The molecule has 0 saturated heterocycles. The van der Waals surface area contributed by atoms with Crippen LogP contribution in [-0.2, 0) is 17.5 Å². The van der Waals surface area contributed by atoms with Crippen molar-refractivity contribution in [1.82, 2.24) is 14.5 Å². The van der Waals surface area contributed by atoms with Crippen molar-refractivity contribution in [2.45, 2.75) is 32.6 Å². The molecule has 6 nitrogen and oxygen atoms in total. The molecule has 0 fully saturated rings. The number of hydrogen-bond donors (Lipinski definition) is 1. The average Bonchev–Trinajstić information content (AvgIpc) is 3.13. The number of carbonyl (C=O) groups is 2. The van der Waals surface area contributed by atoms with E-state index >= 15 is 0 Å². The monoisotopic (exact) mass is 430 g/mol. The first kappa shape index (κ1) is 22.1. The molecule has 0 aliphatic heterocycles. The Labute approximate surface area is 176 Å². The first-order chi connectivity index (χ1) is 14.6. The molecule has 9 heteroatoms. The van der Waals surface area contributed by atoms with Gasteiger partial charge in [-0.25, -0.2) is 4.52 Å². The first-order valence-corrected chi connectivity index (χ1v) is 9.48. The maximum atomic E-state index is 12.7.